The highest BCUT2D eigenvalue weighted by Crippen LogP contribution is 2.08. The maximum absolute atomic E-state index is 4.54. The highest BCUT2D eigenvalue weighted by atomic mass is 15.2. The lowest BCUT2D eigenvalue weighted by Gasteiger charge is -2.13. The molecular formula is C14H28N4. The Balaban J connectivity index is 2.08. The van der Waals surface area contributed by atoms with E-state index in [0.29, 0.717) is 0 Å². The summed E-state index contributed by atoms with van der Waals surface area (Å²) in [5.41, 5.74) is 0. The van der Waals surface area contributed by atoms with Crippen LogP contribution < -0.4 is 10.6 Å². The fourth-order valence-electron chi connectivity index (χ4n) is 2.15. The van der Waals surface area contributed by atoms with Crippen LogP contribution in [-0.2, 0) is 0 Å². The molecule has 0 bridgehead atoms. The number of likely N-dealkylation sites (tertiary alicyclic amines) is 1. The molecule has 0 unspecified atom stereocenters. The number of aliphatic imine (C=N–C) groups is 1. The molecular weight excluding hydrogens is 224 g/mol. The lowest BCUT2D eigenvalue weighted by atomic mass is 10.3. The van der Waals surface area contributed by atoms with Crippen LogP contribution in [0.4, 0.5) is 0 Å². The molecule has 104 valence electrons. The van der Waals surface area contributed by atoms with E-state index in [1.54, 1.807) is 0 Å². The van der Waals surface area contributed by atoms with E-state index in [4.69, 9.17) is 0 Å². The standard InChI is InChI=1S/C14H28N4/c1-3-9-16-14(15-4-2)17-10-5-6-11-18-12-7-8-13-18/h3H,1,4-13H2,2H3,(H2,15,16,17). The lowest BCUT2D eigenvalue weighted by molar-refractivity contribution is 0.331. The van der Waals surface area contributed by atoms with Gasteiger partial charge in [0.1, 0.15) is 0 Å². The topological polar surface area (TPSA) is 39.7 Å². The number of nitrogens with one attached hydrogen (secondary N) is 2. The van der Waals surface area contributed by atoms with E-state index in [1.165, 1.54) is 45.3 Å². The van der Waals surface area contributed by atoms with Gasteiger partial charge in [-0.1, -0.05) is 6.08 Å². The third kappa shape index (κ3) is 6.64. The summed E-state index contributed by atoms with van der Waals surface area (Å²) in [5, 5.41) is 6.44. The van der Waals surface area contributed by atoms with Gasteiger partial charge < -0.3 is 15.5 Å². The van der Waals surface area contributed by atoms with Gasteiger partial charge in [-0.25, -0.2) is 0 Å². The first-order valence-corrected chi connectivity index (χ1v) is 7.22. The van der Waals surface area contributed by atoms with Gasteiger partial charge in [-0.2, -0.15) is 0 Å². The molecule has 1 aliphatic heterocycles. The number of rotatable bonds is 8. The van der Waals surface area contributed by atoms with E-state index in [-0.39, 0.29) is 0 Å². The summed E-state index contributed by atoms with van der Waals surface area (Å²) in [7, 11) is 0. The fourth-order valence-corrected chi connectivity index (χ4v) is 2.15. The second-order valence-corrected chi connectivity index (χ2v) is 4.69. The van der Waals surface area contributed by atoms with Gasteiger partial charge in [0.15, 0.2) is 5.96 Å². The Hall–Kier alpha value is -1.03. The third-order valence-electron chi connectivity index (χ3n) is 3.11. The Bertz CT molecular complexity index is 244. The number of guanidine groups is 1. The SMILES string of the molecule is C=CCNC(=NCCCCN1CCCC1)NCC. The maximum Gasteiger partial charge on any atom is 0.191 e. The Morgan fingerprint density at radius 2 is 2.06 bits per heavy atom. The van der Waals surface area contributed by atoms with Crippen LogP contribution in [0.3, 0.4) is 0 Å². The average molecular weight is 252 g/mol. The van der Waals surface area contributed by atoms with Gasteiger partial charge in [0.05, 0.1) is 0 Å². The fraction of sp³-hybridized carbons (Fsp3) is 0.786. The van der Waals surface area contributed by atoms with Crippen LogP contribution in [0, 0.1) is 0 Å². The van der Waals surface area contributed by atoms with Gasteiger partial charge in [-0.05, 0) is 52.2 Å². The highest BCUT2D eigenvalue weighted by molar-refractivity contribution is 5.79. The van der Waals surface area contributed by atoms with Crippen molar-refractivity contribution >= 4 is 5.96 Å². The number of nitrogens with zero attached hydrogens (tertiary/aromatic N) is 2. The van der Waals surface area contributed by atoms with Crippen LogP contribution in [0.25, 0.3) is 0 Å². The predicted octanol–water partition coefficient (Wildman–Crippen LogP) is 1.60. The second-order valence-electron chi connectivity index (χ2n) is 4.69. The highest BCUT2D eigenvalue weighted by Gasteiger charge is 2.09. The van der Waals surface area contributed by atoms with E-state index < -0.39 is 0 Å². The first-order valence-electron chi connectivity index (χ1n) is 7.22. The van der Waals surface area contributed by atoms with Crippen LogP contribution in [0.15, 0.2) is 17.6 Å². The molecule has 1 aliphatic rings. The van der Waals surface area contributed by atoms with Crippen molar-refractivity contribution in [2.24, 2.45) is 4.99 Å². The molecule has 0 aromatic rings. The van der Waals surface area contributed by atoms with Crippen molar-refractivity contribution in [3.63, 3.8) is 0 Å². The van der Waals surface area contributed by atoms with Gasteiger partial charge in [-0.3, -0.25) is 4.99 Å². The van der Waals surface area contributed by atoms with Gasteiger partial charge in [-0.15, -0.1) is 6.58 Å². The number of hydrogen-bond acceptors (Lipinski definition) is 2. The van der Waals surface area contributed by atoms with Crippen LogP contribution in [0.2, 0.25) is 0 Å². The molecule has 4 heteroatoms. The molecule has 0 aliphatic carbocycles. The summed E-state index contributed by atoms with van der Waals surface area (Å²) < 4.78 is 0. The molecule has 0 atom stereocenters. The molecule has 4 nitrogen and oxygen atoms in total. The zero-order valence-electron chi connectivity index (χ0n) is 11.7. The van der Waals surface area contributed by atoms with Crippen molar-refractivity contribution in [3.8, 4) is 0 Å². The van der Waals surface area contributed by atoms with Crippen molar-refractivity contribution in [3.05, 3.63) is 12.7 Å². The van der Waals surface area contributed by atoms with Crippen molar-refractivity contribution < 1.29 is 0 Å². The Morgan fingerprint density at radius 1 is 1.28 bits per heavy atom. The molecule has 0 aromatic carbocycles. The van der Waals surface area contributed by atoms with Crippen LogP contribution >= 0.6 is 0 Å². The average Bonchev–Trinajstić information content (AvgIpc) is 2.88. The van der Waals surface area contributed by atoms with Gasteiger partial charge in [0.25, 0.3) is 0 Å². The molecule has 1 fully saturated rings. The van der Waals surface area contributed by atoms with E-state index in [9.17, 15) is 0 Å². The van der Waals surface area contributed by atoms with Crippen LogP contribution in [0.5, 0.6) is 0 Å². The van der Waals surface area contributed by atoms with E-state index >= 15 is 0 Å². The summed E-state index contributed by atoms with van der Waals surface area (Å²) in [6.07, 6.45) is 7.04. The molecule has 1 rings (SSSR count). The van der Waals surface area contributed by atoms with E-state index in [1.807, 2.05) is 6.08 Å². The Kier molecular flexibility index (Phi) is 8.30. The van der Waals surface area contributed by atoms with Crippen molar-refractivity contribution in [2.45, 2.75) is 32.6 Å². The Labute approximate surface area is 112 Å². The van der Waals surface area contributed by atoms with Crippen molar-refractivity contribution in [1.82, 2.24) is 15.5 Å². The molecule has 1 saturated heterocycles. The van der Waals surface area contributed by atoms with Gasteiger partial charge >= 0.3 is 0 Å². The molecule has 2 N–H and O–H groups in total. The first-order chi connectivity index (χ1) is 8.86. The van der Waals surface area contributed by atoms with Crippen molar-refractivity contribution in [2.75, 3.05) is 39.3 Å². The van der Waals surface area contributed by atoms with Crippen LogP contribution in [0.1, 0.15) is 32.6 Å². The van der Waals surface area contributed by atoms with E-state index in [0.717, 1.165) is 25.6 Å². The Morgan fingerprint density at radius 3 is 2.72 bits per heavy atom. The zero-order chi connectivity index (χ0) is 13.1. The molecule has 0 saturated carbocycles. The molecule has 18 heavy (non-hydrogen) atoms. The smallest absolute Gasteiger partial charge is 0.191 e. The lowest BCUT2D eigenvalue weighted by Crippen LogP contribution is -2.37. The largest absolute Gasteiger partial charge is 0.357 e. The number of hydrogen-bond donors (Lipinski definition) is 2. The molecule has 0 aromatic heterocycles. The van der Waals surface area contributed by atoms with Crippen LogP contribution in [-0.4, -0.2) is 50.1 Å². The van der Waals surface area contributed by atoms with E-state index in [2.05, 4.69) is 34.0 Å². The summed E-state index contributed by atoms with van der Waals surface area (Å²) in [6.45, 7) is 12.2. The molecule has 0 spiro atoms. The minimum atomic E-state index is 0.764. The normalized spacial score (nSPS) is 16.8. The summed E-state index contributed by atoms with van der Waals surface area (Å²) in [6, 6.07) is 0. The molecule has 0 amide bonds. The first kappa shape index (κ1) is 15.0. The maximum atomic E-state index is 4.54. The minimum Gasteiger partial charge on any atom is -0.357 e. The quantitative estimate of drug-likeness (QED) is 0.298. The molecule has 0 radical (unpaired) electrons. The summed E-state index contributed by atoms with van der Waals surface area (Å²) in [4.78, 5) is 7.10. The second kappa shape index (κ2) is 9.95. The summed E-state index contributed by atoms with van der Waals surface area (Å²) in [5.74, 6) is 0.901. The zero-order valence-corrected chi connectivity index (χ0v) is 11.7. The molecule has 1 heterocycles. The van der Waals surface area contributed by atoms with Crippen molar-refractivity contribution in [1.29, 1.82) is 0 Å². The number of unbranched alkanes of at least 4 members (excludes halogenated alkanes) is 1. The predicted molar refractivity (Wildman–Crippen MR) is 79.1 cm³/mol. The third-order valence-corrected chi connectivity index (χ3v) is 3.11. The van der Waals surface area contributed by atoms with Gasteiger partial charge in [0, 0.05) is 19.6 Å². The monoisotopic (exact) mass is 252 g/mol. The minimum absolute atomic E-state index is 0.764. The summed E-state index contributed by atoms with van der Waals surface area (Å²) >= 11 is 0. The van der Waals surface area contributed by atoms with Gasteiger partial charge in [0.2, 0.25) is 0 Å².